The monoisotopic (exact) mass is 248 g/mol. The zero-order valence-electron chi connectivity index (χ0n) is 9.95. The van der Waals surface area contributed by atoms with Gasteiger partial charge in [-0.1, -0.05) is 30.3 Å². The third kappa shape index (κ3) is 2.68. The highest BCUT2D eigenvalue weighted by atomic mass is 16.3. The molecule has 0 radical (unpaired) electrons. The predicted molar refractivity (Wildman–Crippen MR) is 65.6 cm³/mol. The normalized spacial score (nSPS) is 20.5. The summed E-state index contributed by atoms with van der Waals surface area (Å²) in [7, 11) is 0. The van der Waals surface area contributed by atoms with E-state index in [0.717, 1.165) is 5.56 Å². The van der Waals surface area contributed by atoms with E-state index in [9.17, 15) is 14.7 Å². The van der Waals surface area contributed by atoms with E-state index in [1.54, 1.807) is 17.0 Å². The van der Waals surface area contributed by atoms with Crippen LogP contribution in [0.3, 0.4) is 0 Å². The number of β-amino-alcohol motifs (C(OH)–C–C–N with tert-alkyl or cyclic N) is 1. The lowest BCUT2D eigenvalue weighted by Crippen LogP contribution is -2.39. The molecule has 0 aromatic heterocycles. The average molecular weight is 248 g/mol. The molecule has 1 aliphatic heterocycles. The standard InChI is InChI=1S/C13H16N2O3/c16-9-14-12(10-4-2-1-3-5-10)13(18)15-7-6-11(17)8-15/h1-5,9,11-12,17H,6-8H2,(H,14,16). The molecular weight excluding hydrogens is 232 g/mol. The van der Waals surface area contributed by atoms with Crippen LogP contribution in [0.2, 0.25) is 0 Å². The van der Waals surface area contributed by atoms with Crippen molar-refractivity contribution in [3.8, 4) is 0 Å². The Hall–Kier alpha value is -1.88. The summed E-state index contributed by atoms with van der Waals surface area (Å²) < 4.78 is 0. The van der Waals surface area contributed by atoms with Crippen LogP contribution in [0.4, 0.5) is 0 Å². The number of nitrogens with zero attached hydrogens (tertiary/aromatic N) is 1. The average Bonchev–Trinajstić information content (AvgIpc) is 2.83. The van der Waals surface area contributed by atoms with Gasteiger partial charge in [0, 0.05) is 13.1 Å². The summed E-state index contributed by atoms with van der Waals surface area (Å²) in [5.41, 5.74) is 0.746. The van der Waals surface area contributed by atoms with Crippen molar-refractivity contribution < 1.29 is 14.7 Å². The maximum Gasteiger partial charge on any atom is 0.249 e. The molecule has 5 nitrogen and oxygen atoms in total. The van der Waals surface area contributed by atoms with Crippen molar-refractivity contribution in [2.24, 2.45) is 0 Å². The first-order chi connectivity index (χ1) is 8.72. The Morgan fingerprint density at radius 2 is 2.17 bits per heavy atom. The summed E-state index contributed by atoms with van der Waals surface area (Å²) in [6, 6.07) is 8.42. The summed E-state index contributed by atoms with van der Waals surface area (Å²) in [5.74, 6) is -0.176. The third-order valence-corrected chi connectivity index (χ3v) is 3.09. The van der Waals surface area contributed by atoms with E-state index in [0.29, 0.717) is 25.9 Å². The van der Waals surface area contributed by atoms with E-state index < -0.39 is 12.1 Å². The fraction of sp³-hybridized carbons (Fsp3) is 0.385. The van der Waals surface area contributed by atoms with Gasteiger partial charge in [0.15, 0.2) is 0 Å². The van der Waals surface area contributed by atoms with Crippen molar-refractivity contribution in [2.45, 2.75) is 18.6 Å². The lowest BCUT2D eigenvalue weighted by molar-refractivity contribution is -0.134. The number of hydrogen-bond donors (Lipinski definition) is 2. The maximum absolute atomic E-state index is 12.3. The summed E-state index contributed by atoms with van der Waals surface area (Å²) >= 11 is 0. The lowest BCUT2D eigenvalue weighted by Gasteiger charge is -2.23. The van der Waals surface area contributed by atoms with Crippen molar-refractivity contribution in [3.05, 3.63) is 35.9 Å². The van der Waals surface area contributed by atoms with E-state index >= 15 is 0 Å². The number of rotatable bonds is 4. The van der Waals surface area contributed by atoms with Crippen molar-refractivity contribution in [2.75, 3.05) is 13.1 Å². The fourth-order valence-electron chi connectivity index (χ4n) is 2.15. The Kier molecular flexibility index (Phi) is 3.94. The molecule has 0 saturated carbocycles. The van der Waals surface area contributed by atoms with Crippen molar-refractivity contribution in [1.29, 1.82) is 0 Å². The molecule has 96 valence electrons. The molecule has 0 aliphatic carbocycles. The molecule has 0 bridgehead atoms. The lowest BCUT2D eigenvalue weighted by atomic mass is 10.1. The number of carbonyl (C=O) groups excluding carboxylic acids is 2. The van der Waals surface area contributed by atoms with Crippen molar-refractivity contribution in [1.82, 2.24) is 10.2 Å². The molecule has 2 atom stereocenters. The highest BCUT2D eigenvalue weighted by molar-refractivity contribution is 5.85. The minimum absolute atomic E-state index is 0.176. The number of aliphatic hydroxyl groups excluding tert-OH is 1. The van der Waals surface area contributed by atoms with Crippen LogP contribution in [0.5, 0.6) is 0 Å². The Morgan fingerprint density at radius 3 is 2.72 bits per heavy atom. The highest BCUT2D eigenvalue weighted by Gasteiger charge is 2.30. The largest absolute Gasteiger partial charge is 0.391 e. The highest BCUT2D eigenvalue weighted by Crippen LogP contribution is 2.18. The molecule has 2 amide bonds. The first-order valence-corrected chi connectivity index (χ1v) is 5.94. The Labute approximate surface area is 105 Å². The second kappa shape index (κ2) is 5.64. The number of carbonyl (C=O) groups is 2. The van der Waals surface area contributed by atoms with Crippen LogP contribution < -0.4 is 5.32 Å². The molecule has 18 heavy (non-hydrogen) atoms. The summed E-state index contributed by atoms with van der Waals surface area (Å²) in [4.78, 5) is 24.5. The van der Waals surface area contributed by atoms with Gasteiger partial charge >= 0.3 is 0 Å². The van der Waals surface area contributed by atoms with Gasteiger partial charge in [0.05, 0.1) is 6.10 Å². The molecule has 2 rings (SSSR count). The van der Waals surface area contributed by atoms with Gasteiger partial charge < -0.3 is 15.3 Å². The van der Waals surface area contributed by atoms with Gasteiger partial charge in [-0.25, -0.2) is 0 Å². The fourth-order valence-corrected chi connectivity index (χ4v) is 2.15. The van der Waals surface area contributed by atoms with Crippen molar-refractivity contribution in [3.63, 3.8) is 0 Å². The van der Waals surface area contributed by atoms with Crippen LogP contribution in [0, 0.1) is 0 Å². The number of nitrogens with one attached hydrogen (secondary N) is 1. The van der Waals surface area contributed by atoms with Crippen LogP contribution in [0.1, 0.15) is 18.0 Å². The summed E-state index contributed by atoms with van der Waals surface area (Å²) in [6.45, 7) is 0.868. The van der Waals surface area contributed by atoms with Gasteiger partial charge in [0.25, 0.3) is 0 Å². The van der Waals surface area contributed by atoms with E-state index in [4.69, 9.17) is 0 Å². The molecule has 2 unspecified atom stereocenters. The molecule has 1 aromatic carbocycles. The van der Waals surface area contributed by atoms with Gasteiger partial charge in [-0.15, -0.1) is 0 Å². The van der Waals surface area contributed by atoms with E-state index in [1.165, 1.54) is 0 Å². The zero-order chi connectivity index (χ0) is 13.0. The molecule has 0 spiro atoms. The number of aliphatic hydroxyl groups is 1. The predicted octanol–water partition coefficient (Wildman–Crippen LogP) is 0.0669. The molecule has 1 heterocycles. The van der Waals surface area contributed by atoms with Gasteiger partial charge in [-0.3, -0.25) is 9.59 Å². The van der Waals surface area contributed by atoms with E-state index in [1.807, 2.05) is 18.2 Å². The third-order valence-electron chi connectivity index (χ3n) is 3.09. The van der Waals surface area contributed by atoms with Crippen LogP contribution in [-0.2, 0) is 9.59 Å². The summed E-state index contributed by atoms with van der Waals surface area (Å²) in [5, 5.41) is 12.0. The number of benzene rings is 1. The van der Waals surface area contributed by atoms with E-state index in [2.05, 4.69) is 5.32 Å². The quantitative estimate of drug-likeness (QED) is 0.741. The molecule has 1 fully saturated rings. The topological polar surface area (TPSA) is 69.6 Å². The molecule has 1 aliphatic rings. The van der Waals surface area contributed by atoms with Crippen LogP contribution in [-0.4, -0.2) is 41.5 Å². The van der Waals surface area contributed by atoms with Crippen molar-refractivity contribution >= 4 is 12.3 Å². The zero-order valence-corrected chi connectivity index (χ0v) is 9.95. The number of amides is 2. The second-order valence-corrected chi connectivity index (χ2v) is 4.35. The maximum atomic E-state index is 12.3. The van der Waals surface area contributed by atoms with Crippen LogP contribution in [0.15, 0.2) is 30.3 Å². The molecule has 1 saturated heterocycles. The molecular formula is C13H16N2O3. The minimum atomic E-state index is -0.672. The Balaban J connectivity index is 2.15. The number of hydrogen-bond acceptors (Lipinski definition) is 3. The van der Waals surface area contributed by atoms with Gasteiger partial charge in [-0.2, -0.15) is 0 Å². The SMILES string of the molecule is O=CNC(C(=O)N1CCC(O)C1)c1ccccc1. The Morgan fingerprint density at radius 1 is 1.44 bits per heavy atom. The second-order valence-electron chi connectivity index (χ2n) is 4.35. The molecule has 2 N–H and O–H groups in total. The Bertz CT molecular complexity index is 422. The first-order valence-electron chi connectivity index (χ1n) is 5.94. The number of likely N-dealkylation sites (tertiary alicyclic amines) is 1. The molecule has 5 heteroatoms. The van der Waals surface area contributed by atoms with Gasteiger partial charge in [0.2, 0.25) is 12.3 Å². The smallest absolute Gasteiger partial charge is 0.249 e. The van der Waals surface area contributed by atoms with Gasteiger partial charge in [0.1, 0.15) is 6.04 Å². The van der Waals surface area contributed by atoms with Gasteiger partial charge in [-0.05, 0) is 12.0 Å². The van der Waals surface area contributed by atoms with Crippen LogP contribution in [0.25, 0.3) is 0 Å². The van der Waals surface area contributed by atoms with E-state index in [-0.39, 0.29) is 5.91 Å². The van der Waals surface area contributed by atoms with Crippen LogP contribution >= 0.6 is 0 Å². The first kappa shape index (κ1) is 12.6. The minimum Gasteiger partial charge on any atom is -0.391 e. The molecule has 1 aromatic rings. The summed E-state index contributed by atoms with van der Waals surface area (Å²) in [6.07, 6.45) is 0.665.